The Bertz CT molecular complexity index is 438. The molecule has 1 aromatic rings. The molecule has 1 amide bonds. The lowest BCUT2D eigenvalue weighted by Crippen LogP contribution is -2.24. The van der Waals surface area contributed by atoms with Crippen LogP contribution in [0.1, 0.15) is 17.5 Å². The van der Waals surface area contributed by atoms with E-state index in [0.717, 1.165) is 27.8 Å². The summed E-state index contributed by atoms with van der Waals surface area (Å²) in [6.07, 6.45) is 0.567. The molecular formula is C13H15BrClNO. The van der Waals surface area contributed by atoms with Crippen molar-refractivity contribution in [3.8, 4) is 0 Å². The van der Waals surface area contributed by atoms with Crippen molar-refractivity contribution < 1.29 is 4.79 Å². The van der Waals surface area contributed by atoms with Crippen molar-refractivity contribution in [3.63, 3.8) is 0 Å². The van der Waals surface area contributed by atoms with Crippen LogP contribution in [0.25, 0.3) is 0 Å². The average molecular weight is 317 g/mol. The molecule has 1 heterocycles. The van der Waals surface area contributed by atoms with Crippen LogP contribution in [0.2, 0.25) is 0 Å². The van der Waals surface area contributed by atoms with Gasteiger partial charge in [0.05, 0.1) is 0 Å². The van der Waals surface area contributed by atoms with Crippen LogP contribution in [0, 0.1) is 19.8 Å². The molecule has 1 aliphatic rings. The highest BCUT2D eigenvalue weighted by Gasteiger charge is 2.30. The van der Waals surface area contributed by atoms with Crippen molar-refractivity contribution in [1.82, 2.24) is 0 Å². The Morgan fingerprint density at radius 3 is 2.47 bits per heavy atom. The standard InChI is InChI=1S/C13H15BrClNO/c1-8-3-11(4-9(2)13(8)14)16-7-10(6-15)5-12(16)17/h3-4,10H,5-7H2,1-2H3. The maximum absolute atomic E-state index is 11.9. The number of hydrogen-bond donors (Lipinski definition) is 0. The van der Waals surface area contributed by atoms with Crippen LogP contribution in [0.3, 0.4) is 0 Å². The lowest BCUT2D eigenvalue weighted by molar-refractivity contribution is -0.117. The van der Waals surface area contributed by atoms with Gasteiger partial charge in [-0.1, -0.05) is 15.9 Å². The zero-order valence-corrected chi connectivity index (χ0v) is 12.3. The van der Waals surface area contributed by atoms with Crippen LogP contribution in [0.4, 0.5) is 5.69 Å². The van der Waals surface area contributed by atoms with E-state index in [0.29, 0.717) is 12.3 Å². The Hall–Kier alpha value is -0.540. The van der Waals surface area contributed by atoms with Gasteiger partial charge in [0.15, 0.2) is 0 Å². The molecule has 1 aromatic carbocycles. The molecule has 0 aliphatic carbocycles. The van der Waals surface area contributed by atoms with E-state index in [9.17, 15) is 4.79 Å². The van der Waals surface area contributed by atoms with Crippen LogP contribution in [0.15, 0.2) is 16.6 Å². The minimum atomic E-state index is 0.178. The molecule has 17 heavy (non-hydrogen) atoms. The summed E-state index contributed by atoms with van der Waals surface area (Å²) >= 11 is 9.37. The predicted molar refractivity (Wildman–Crippen MR) is 74.8 cm³/mol. The Balaban J connectivity index is 2.32. The van der Waals surface area contributed by atoms with Gasteiger partial charge in [-0.15, -0.1) is 11.6 Å². The Morgan fingerprint density at radius 2 is 2.00 bits per heavy atom. The Kier molecular flexibility index (Phi) is 3.79. The zero-order chi connectivity index (χ0) is 12.6. The fourth-order valence-corrected chi connectivity index (χ4v) is 2.65. The van der Waals surface area contributed by atoms with Crippen molar-refractivity contribution in [3.05, 3.63) is 27.7 Å². The summed E-state index contributed by atoms with van der Waals surface area (Å²) < 4.78 is 1.11. The van der Waals surface area contributed by atoms with Gasteiger partial charge in [0, 0.05) is 29.0 Å². The quantitative estimate of drug-likeness (QED) is 0.763. The van der Waals surface area contributed by atoms with Gasteiger partial charge in [-0.25, -0.2) is 0 Å². The van der Waals surface area contributed by atoms with E-state index in [-0.39, 0.29) is 11.8 Å². The lowest BCUT2D eigenvalue weighted by atomic mass is 10.1. The van der Waals surface area contributed by atoms with Crippen molar-refractivity contribution in [2.24, 2.45) is 5.92 Å². The number of benzene rings is 1. The summed E-state index contributed by atoms with van der Waals surface area (Å²) in [5.41, 5.74) is 3.30. The lowest BCUT2D eigenvalue weighted by Gasteiger charge is -2.18. The molecule has 1 aliphatic heterocycles. The molecule has 0 aromatic heterocycles. The molecule has 1 unspecified atom stereocenters. The van der Waals surface area contributed by atoms with Gasteiger partial charge >= 0.3 is 0 Å². The number of anilines is 1. The largest absolute Gasteiger partial charge is 0.312 e. The summed E-state index contributed by atoms with van der Waals surface area (Å²) in [4.78, 5) is 13.8. The number of amides is 1. The van der Waals surface area contributed by atoms with E-state index in [4.69, 9.17) is 11.6 Å². The number of hydrogen-bond acceptors (Lipinski definition) is 1. The third-order valence-electron chi connectivity index (χ3n) is 3.16. The topological polar surface area (TPSA) is 20.3 Å². The summed E-state index contributed by atoms with van der Waals surface area (Å²) in [6.45, 7) is 4.82. The first-order valence-electron chi connectivity index (χ1n) is 5.66. The Labute approximate surface area is 115 Å². The Morgan fingerprint density at radius 1 is 1.41 bits per heavy atom. The fourth-order valence-electron chi connectivity index (χ4n) is 2.21. The van der Waals surface area contributed by atoms with Gasteiger partial charge in [0.1, 0.15) is 0 Å². The highest BCUT2D eigenvalue weighted by atomic mass is 79.9. The van der Waals surface area contributed by atoms with Gasteiger partial charge in [0.25, 0.3) is 0 Å². The molecular weight excluding hydrogens is 302 g/mol. The summed E-state index contributed by atoms with van der Waals surface area (Å²) in [5.74, 6) is 1.02. The second-order valence-corrected chi connectivity index (χ2v) is 5.72. The molecule has 1 saturated heterocycles. The number of alkyl halides is 1. The predicted octanol–water partition coefficient (Wildman–Crippen LogP) is 3.66. The number of aryl methyl sites for hydroxylation is 2. The normalized spacial score (nSPS) is 20.1. The second-order valence-electron chi connectivity index (χ2n) is 4.62. The third-order valence-corrected chi connectivity index (χ3v) is 4.84. The molecule has 1 fully saturated rings. The average Bonchev–Trinajstić information content (AvgIpc) is 2.67. The third kappa shape index (κ3) is 2.50. The van der Waals surface area contributed by atoms with Crippen molar-refractivity contribution in [2.75, 3.05) is 17.3 Å². The van der Waals surface area contributed by atoms with E-state index in [2.05, 4.69) is 15.9 Å². The zero-order valence-electron chi connectivity index (χ0n) is 9.96. The highest BCUT2D eigenvalue weighted by molar-refractivity contribution is 9.10. The molecule has 0 radical (unpaired) electrons. The molecule has 0 spiro atoms. The maximum atomic E-state index is 11.9. The number of carbonyl (C=O) groups is 1. The first-order chi connectivity index (χ1) is 8.02. The second kappa shape index (κ2) is 4.99. The number of carbonyl (C=O) groups excluding carboxylic acids is 1. The van der Waals surface area contributed by atoms with E-state index < -0.39 is 0 Å². The van der Waals surface area contributed by atoms with Gasteiger partial charge in [-0.2, -0.15) is 0 Å². The maximum Gasteiger partial charge on any atom is 0.227 e. The molecule has 92 valence electrons. The van der Waals surface area contributed by atoms with Crippen molar-refractivity contribution in [2.45, 2.75) is 20.3 Å². The first kappa shape index (κ1) is 12.9. The summed E-state index contributed by atoms with van der Waals surface area (Å²) in [6, 6.07) is 4.09. The highest BCUT2D eigenvalue weighted by Crippen LogP contribution is 2.31. The summed E-state index contributed by atoms with van der Waals surface area (Å²) in [5, 5.41) is 0. The summed E-state index contributed by atoms with van der Waals surface area (Å²) in [7, 11) is 0. The monoisotopic (exact) mass is 315 g/mol. The van der Waals surface area contributed by atoms with Crippen molar-refractivity contribution >= 4 is 39.1 Å². The molecule has 0 bridgehead atoms. The van der Waals surface area contributed by atoms with E-state index in [1.807, 2.05) is 30.9 Å². The number of nitrogens with zero attached hydrogens (tertiary/aromatic N) is 1. The molecule has 1 atom stereocenters. The van der Waals surface area contributed by atoms with E-state index >= 15 is 0 Å². The smallest absolute Gasteiger partial charge is 0.227 e. The van der Waals surface area contributed by atoms with Crippen LogP contribution >= 0.6 is 27.5 Å². The molecule has 0 N–H and O–H groups in total. The van der Waals surface area contributed by atoms with Crippen LogP contribution in [-0.2, 0) is 4.79 Å². The van der Waals surface area contributed by atoms with Gasteiger partial charge in [0.2, 0.25) is 5.91 Å². The number of rotatable bonds is 2. The SMILES string of the molecule is Cc1cc(N2CC(CCl)CC2=O)cc(C)c1Br. The fraction of sp³-hybridized carbons (Fsp3) is 0.462. The van der Waals surface area contributed by atoms with Gasteiger partial charge in [-0.3, -0.25) is 4.79 Å². The van der Waals surface area contributed by atoms with Crippen LogP contribution in [0.5, 0.6) is 0 Å². The van der Waals surface area contributed by atoms with Gasteiger partial charge in [-0.05, 0) is 43.0 Å². The minimum Gasteiger partial charge on any atom is -0.312 e. The molecule has 4 heteroatoms. The first-order valence-corrected chi connectivity index (χ1v) is 6.98. The molecule has 2 rings (SSSR count). The number of halogens is 2. The molecule has 0 saturated carbocycles. The van der Waals surface area contributed by atoms with E-state index in [1.54, 1.807) is 0 Å². The van der Waals surface area contributed by atoms with Crippen LogP contribution < -0.4 is 4.90 Å². The van der Waals surface area contributed by atoms with E-state index in [1.165, 1.54) is 0 Å². The van der Waals surface area contributed by atoms with Crippen molar-refractivity contribution in [1.29, 1.82) is 0 Å². The minimum absolute atomic E-state index is 0.178. The van der Waals surface area contributed by atoms with Gasteiger partial charge < -0.3 is 4.90 Å². The molecule has 2 nitrogen and oxygen atoms in total. The van der Waals surface area contributed by atoms with Crippen LogP contribution in [-0.4, -0.2) is 18.3 Å².